The molecule has 0 bridgehead atoms. The summed E-state index contributed by atoms with van der Waals surface area (Å²) in [6.45, 7) is 0. The third kappa shape index (κ3) is 3.63. The molecule has 0 atom stereocenters. The van der Waals surface area contributed by atoms with Gasteiger partial charge in [-0.2, -0.15) is 5.26 Å². The lowest BCUT2D eigenvalue weighted by Gasteiger charge is -2.02. The number of rotatable bonds is 3. The molecule has 0 radical (unpaired) electrons. The van der Waals surface area contributed by atoms with Crippen molar-refractivity contribution in [2.75, 3.05) is 0 Å². The van der Waals surface area contributed by atoms with Gasteiger partial charge in [0.1, 0.15) is 0 Å². The van der Waals surface area contributed by atoms with Crippen LogP contribution >= 0.6 is 23.2 Å². The van der Waals surface area contributed by atoms with E-state index in [0.29, 0.717) is 21.2 Å². The topological polar surface area (TPSA) is 61.1 Å². The molecule has 0 heterocycles. The molecule has 0 aliphatic heterocycles. The highest BCUT2D eigenvalue weighted by molar-refractivity contribution is 6.42. The summed E-state index contributed by atoms with van der Waals surface area (Å²) in [5, 5.41) is 18.9. The van der Waals surface area contributed by atoms with Crippen molar-refractivity contribution >= 4 is 40.8 Å². The molecule has 0 amide bonds. The monoisotopic (exact) mass is 317 g/mol. The van der Waals surface area contributed by atoms with Crippen molar-refractivity contribution in [3.8, 4) is 6.07 Å². The van der Waals surface area contributed by atoms with Crippen LogP contribution in [-0.2, 0) is 0 Å². The average Bonchev–Trinajstić information content (AvgIpc) is 2.48. The van der Waals surface area contributed by atoms with Gasteiger partial charge in [0, 0.05) is 0 Å². The van der Waals surface area contributed by atoms with Crippen LogP contribution in [0.15, 0.2) is 42.5 Å². The highest BCUT2D eigenvalue weighted by Gasteiger charge is 2.06. The molecule has 2 rings (SSSR count). The van der Waals surface area contributed by atoms with E-state index in [1.165, 1.54) is 12.1 Å². The first-order valence-corrected chi connectivity index (χ1v) is 6.67. The molecule has 0 aromatic heterocycles. The zero-order valence-electron chi connectivity index (χ0n) is 10.7. The summed E-state index contributed by atoms with van der Waals surface area (Å²) in [4.78, 5) is 10.8. The lowest BCUT2D eigenvalue weighted by atomic mass is 10.0. The zero-order valence-corrected chi connectivity index (χ0v) is 12.2. The van der Waals surface area contributed by atoms with Crippen LogP contribution in [-0.4, -0.2) is 11.1 Å². The van der Waals surface area contributed by atoms with Gasteiger partial charge in [-0.15, -0.1) is 0 Å². The van der Waals surface area contributed by atoms with Crippen LogP contribution in [0.3, 0.4) is 0 Å². The van der Waals surface area contributed by atoms with Gasteiger partial charge in [0.25, 0.3) is 0 Å². The minimum absolute atomic E-state index is 0.195. The second-order valence-corrected chi connectivity index (χ2v) is 5.04. The fourth-order valence-electron chi connectivity index (χ4n) is 1.73. The van der Waals surface area contributed by atoms with Crippen molar-refractivity contribution in [1.29, 1.82) is 5.26 Å². The molecule has 2 aromatic rings. The van der Waals surface area contributed by atoms with E-state index in [1.807, 2.05) is 0 Å². The third-order valence-electron chi connectivity index (χ3n) is 2.82. The molecule has 3 nitrogen and oxygen atoms in total. The van der Waals surface area contributed by atoms with E-state index in [0.717, 1.165) is 5.56 Å². The first-order valence-electron chi connectivity index (χ1n) is 5.92. The van der Waals surface area contributed by atoms with Gasteiger partial charge in [0.2, 0.25) is 0 Å². The van der Waals surface area contributed by atoms with E-state index in [-0.39, 0.29) is 5.56 Å². The van der Waals surface area contributed by atoms with Crippen LogP contribution in [0.5, 0.6) is 0 Å². The van der Waals surface area contributed by atoms with Crippen molar-refractivity contribution in [1.82, 2.24) is 0 Å². The predicted octanol–water partition coefficient (Wildman–Crippen LogP) is 4.76. The predicted molar refractivity (Wildman–Crippen MR) is 83.3 cm³/mol. The smallest absolute Gasteiger partial charge is 0.335 e. The lowest BCUT2D eigenvalue weighted by Crippen LogP contribution is -1.94. The van der Waals surface area contributed by atoms with Crippen molar-refractivity contribution in [3.05, 3.63) is 69.2 Å². The highest BCUT2D eigenvalue weighted by atomic mass is 35.5. The Hall–Kier alpha value is -2.28. The number of aromatic carboxylic acids is 1. The number of carboxylic acids is 1. The third-order valence-corrected chi connectivity index (χ3v) is 3.56. The van der Waals surface area contributed by atoms with Crippen LogP contribution in [0.4, 0.5) is 0 Å². The molecule has 0 spiro atoms. The number of carboxylic acid groups (broad SMARTS) is 1. The van der Waals surface area contributed by atoms with E-state index in [1.54, 1.807) is 36.4 Å². The Labute approximate surface area is 131 Å². The van der Waals surface area contributed by atoms with Gasteiger partial charge in [0.05, 0.1) is 27.3 Å². The first kappa shape index (κ1) is 15.1. The molecule has 0 unspecified atom stereocenters. The summed E-state index contributed by atoms with van der Waals surface area (Å²) >= 11 is 11.8. The number of nitriles is 1. The van der Waals surface area contributed by atoms with Gasteiger partial charge in [0.15, 0.2) is 0 Å². The molecular weight excluding hydrogens is 309 g/mol. The van der Waals surface area contributed by atoms with Gasteiger partial charge in [-0.1, -0.05) is 41.4 Å². The SMILES string of the molecule is N#C/C(=C/c1ccc(C(=O)O)cc1)c1ccc(Cl)c(Cl)c1. The van der Waals surface area contributed by atoms with E-state index in [9.17, 15) is 10.1 Å². The maximum Gasteiger partial charge on any atom is 0.335 e. The number of hydrogen-bond acceptors (Lipinski definition) is 2. The standard InChI is InChI=1S/C16H9Cl2NO2/c17-14-6-5-12(8-15(14)18)13(9-19)7-10-1-3-11(4-2-10)16(20)21/h1-8H,(H,20,21)/b13-7-. The molecule has 21 heavy (non-hydrogen) atoms. The van der Waals surface area contributed by atoms with Crippen LogP contribution < -0.4 is 0 Å². The molecule has 2 aromatic carbocycles. The van der Waals surface area contributed by atoms with E-state index >= 15 is 0 Å². The maximum atomic E-state index is 10.8. The summed E-state index contributed by atoms with van der Waals surface area (Å²) in [7, 11) is 0. The molecule has 1 N–H and O–H groups in total. The Morgan fingerprint density at radius 2 is 1.67 bits per heavy atom. The maximum absolute atomic E-state index is 10.8. The second kappa shape index (κ2) is 6.45. The second-order valence-electron chi connectivity index (χ2n) is 4.23. The molecule has 0 aliphatic carbocycles. The fraction of sp³-hybridized carbons (Fsp3) is 0. The number of halogens is 2. The van der Waals surface area contributed by atoms with Crippen LogP contribution in [0.25, 0.3) is 11.6 Å². The molecule has 0 fully saturated rings. The Bertz CT molecular complexity index is 759. The van der Waals surface area contributed by atoms with Crippen molar-refractivity contribution in [2.45, 2.75) is 0 Å². The fourth-order valence-corrected chi connectivity index (χ4v) is 2.03. The molecule has 0 saturated carbocycles. The minimum Gasteiger partial charge on any atom is -0.478 e. The summed E-state index contributed by atoms with van der Waals surface area (Å²) in [6, 6.07) is 13.3. The van der Waals surface area contributed by atoms with Gasteiger partial charge in [-0.05, 0) is 41.5 Å². The largest absolute Gasteiger partial charge is 0.478 e. The van der Waals surface area contributed by atoms with Gasteiger partial charge in [-0.3, -0.25) is 0 Å². The number of carbonyl (C=O) groups is 1. The van der Waals surface area contributed by atoms with Gasteiger partial charge in [-0.25, -0.2) is 4.79 Å². The van der Waals surface area contributed by atoms with Gasteiger partial charge < -0.3 is 5.11 Å². The zero-order chi connectivity index (χ0) is 15.4. The Morgan fingerprint density at radius 1 is 1.05 bits per heavy atom. The molecule has 0 aliphatic rings. The lowest BCUT2D eigenvalue weighted by molar-refractivity contribution is 0.0697. The summed E-state index contributed by atoms with van der Waals surface area (Å²) in [5.41, 5.74) is 1.98. The molecule has 5 heteroatoms. The summed E-state index contributed by atoms with van der Waals surface area (Å²) < 4.78 is 0. The number of benzene rings is 2. The van der Waals surface area contributed by atoms with Crippen molar-refractivity contribution < 1.29 is 9.90 Å². The number of nitrogens with zero attached hydrogens (tertiary/aromatic N) is 1. The van der Waals surface area contributed by atoms with Crippen LogP contribution in [0, 0.1) is 11.3 Å². The molecular formula is C16H9Cl2NO2. The molecule has 0 saturated heterocycles. The Kier molecular flexibility index (Phi) is 4.64. The van der Waals surface area contributed by atoms with Crippen LogP contribution in [0.2, 0.25) is 10.0 Å². The van der Waals surface area contributed by atoms with E-state index in [2.05, 4.69) is 6.07 Å². The Morgan fingerprint density at radius 3 is 2.19 bits per heavy atom. The summed E-state index contributed by atoms with van der Waals surface area (Å²) in [5.74, 6) is -0.990. The Balaban J connectivity index is 2.38. The molecule has 104 valence electrons. The number of allylic oxidation sites excluding steroid dienone is 1. The normalized spacial score (nSPS) is 11.0. The average molecular weight is 318 g/mol. The quantitative estimate of drug-likeness (QED) is 0.656. The minimum atomic E-state index is -0.990. The van der Waals surface area contributed by atoms with Crippen LogP contribution in [0.1, 0.15) is 21.5 Å². The van der Waals surface area contributed by atoms with Crippen molar-refractivity contribution in [3.63, 3.8) is 0 Å². The van der Waals surface area contributed by atoms with E-state index in [4.69, 9.17) is 28.3 Å². The highest BCUT2D eigenvalue weighted by Crippen LogP contribution is 2.27. The first-order chi connectivity index (χ1) is 10.0. The van der Waals surface area contributed by atoms with Crippen molar-refractivity contribution in [2.24, 2.45) is 0 Å². The van der Waals surface area contributed by atoms with E-state index < -0.39 is 5.97 Å². The van der Waals surface area contributed by atoms with Gasteiger partial charge >= 0.3 is 5.97 Å². The number of hydrogen-bond donors (Lipinski definition) is 1. The summed E-state index contributed by atoms with van der Waals surface area (Å²) in [6.07, 6.45) is 1.66.